The van der Waals surface area contributed by atoms with Crippen molar-refractivity contribution in [3.8, 4) is 0 Å². The van der Waals surface area contributed by atoms with Crippen LogP contribution in [-0.4, -0.2) is 35.1 Å². The third-order valence-electron chi connectivity index (χ3n) is 2.79. The Labute approximate surface area is 159 Å². The molecule has 0 aromatic carbocycles. The first-order chi connectivity index (χ1) is 11.1. The molecule has 0 N–H and O–H groups in total. The summed E-state index contributed by atoms with van der Waals surface area (Å²) in [5.41, 5.74) is 0. The monoisotopic (exact) mass is 406 g/mol. The molecule has 0 aromatic rings. The van der Waals surface area contributed by atoms with Crippen LogP contribution in [0.1, 0.15) is 65.2 Å². The molecule has 8 nitrogen and oxygen atoms in total. The maximum atomic E-state index is 10.8. The van der Waals surface area contributed by atoms with Gasteiger partial charge in [0.15, 0.2) is 11.6 Å². The fraction of sp³-hybridized carbons (Fsp3) is 0.625. The first-order valence-corrected chi connectivity index (χ1v) is 7.67. The van der Waals surface area contributed by atoms with Gasteiger partial charge in [-0.3, -0.25) is 19.2 Å². The predicted molar refractivity (Wildman–Crippen MR) is 78.3 cm³/mol. The molecule has 0 fully saturated rings. The van der Waals surface area contributed by atoms with E-state index in [1.54, 1.807) is 0 Å². The summed E-state index contributed by atoms with van der Waals surface area (Å²) in [4.78, 5) is 62.3. The van der Waals surface area contributed by atoms with Crippen molar-refractivity contribution in [3.63, 3.8) is 0 Å². The van der Waals surface area contributed by atoms with Crippen LogP contribution in [0.2, 0.25) is 0 Å². The molecule has 0 aliphatic rings. The predicted octanol–water partition coefficient (Wildman–Crippen LogP) is -1.09. The number of ketones is 4. The van der Waals surface area contributed by atoms with Crippen LogP contribution in [0.5, 0.6) is 0 Å². The van der Waals surface area contributed by atoms with Gasteiger partial charge in [-0.15, -0.1) is 0 Å². The van der Waals surface area contributed by atoms with Gasteiger partial charge >= 0.3 is 19.5 Å². The maximum absolute atomic E-state index is 10.8. The van der Waals surface area contributed by atoms with Crippen LogP contribution in [0, 0.1) is 0 Å². The van der Waals surface area contributed by atoms with Crippen molar-refractivity contribution in [3.05, 3.63) is 0 Å². The summed E-state index contributed by atoms with van der Waals surface area (Å²) in [5.74, 6) is -6.47. The van der Waals surface area contributed by atoms with Gasteiger partial charge in [0.2, 0.25) is 0 Å². The molecule has 0 spiro atoms. The average molecular weight is 408 g/mol. The van der Waals surface area contributed by atoms with Gasteiger partial charge < -0.3 is 19.8 Å². The molecule has 0 saturated carbocycles. The van der Waals surface area contributed by atoms with Gasteiger partial charge in [0.25, 0.3) is 0 Å². The van der Waals surface area contributed by atoms with Crippen molar-refractivity contribution in [2.75, 3.05) is 0 Å². The molecular weight excluding hydrogens is 386 g/mol. The second-order valence-electron chi connectivity index (χ2n) is 5.06. The number of carboxylic acid groups (broad SMARTS) is 2. The van der Waals surface area contributed by atoms with Gasteiger partial charge in [-0.1, -0.05) is 26.7 Å². The van der Waals surface area contributed by atoms with Crippen LogP contribution in [-0.2, 0) is 48.2 Å². The third kappa shape index (κ3) is 18.4. The molecular formula is C16H22O8Zn. The number of unbranched alkanes of at least 4 members (excludes halogenated alkanes) is 2. The van der Waals surface area contributed by atoms with E-state index in [4.69, 9.17) is 0 Å². The van der Waals surface area contributed by atoms with E-state index in [0.29, 0.717) is 12.8 Å². The molecule has 0 saturated heterocycles. The van der Waals surface area contributed by atoms with Gasteiger partial charge in [0.1, 0.15) is 23.5 Å². The van der Waals surface area contributed by atoms with Crippen molar-refractivity contribution < 1.29 is 58.5 Å². The Hall–Kier alpha value is -1.76. The van der Waals surface area contributed by atoms with Crippen LogP contribution in [0.15, 0.2) is 0 Å². The standard InChI is InChI=1S/2C8H12O4.Zn/c2*1-2-3-4-6(9)5-7(10)8(11)12;/h2*2-5H2,1H3,(H,11,12);/q;;+2/p-2. The summed E-state index contributed by atoms with van der Waals surface area (Å²) in [6.07, 6.45) is 2.59. The van der Waals surface area contributed by atoms with E-state index in [2.05, 4.69) is 0 Å². The smallest absolute Gasteiger partial charge is 0.542 e. The molecule has 0 rings (SSSR count). The van der Waals surface area contributed by atoms with Crippen LogP contribution in [0.4, 0.5) is 0 Å². The zero-order chi connectivity index (χ0) is 19.1. The minimum atomic E-state index is -1.78. The second-order valence-corrected chi connectivity index (χ2v) is 5.06. The first-order valence-electron chi connectivity index (χ1n) is 7.67. The summed E-state index contributed by atoms with van der Waals surface area (Å²) in [5, 5.41) is 19.8. The van der Waals surface area contributed by atoms with Gasteiger partial charge in [0.05, 0.1) is 12.8 Å². The largest absolute Gasteiger partial charge is 2.00 e. The van der Waals surface area contributed by atoms with Gasteiger partial charge in [-0.05, 0) is 12.8 Å². The van der Waals surface area contributed by atoms with Crippen LogP contribution in [0.25, 0.3) is 0 Å². The van der Waals surface area contributed by atoms with Crippen molar-refractivity contribution in [1.29, 1.82) is 0 Å². The maximum Gasteiger partial charge on any atom is 2.00 e. The zero-order valence-corrected chi connectivity index (χ0v) is 17.6. The molecule has 136 valence electrons. The number of aliphatic carboxylic acids is 2. The minimum absolute atomic E-state index is 0. The molecule has 0 bridgehead atoms. The second kappa shape index (κ2) is 17.1. The molecule has 25 heavy (non-hydrogen) atoms. The molecule has 0 radical (unpaired) electrons. The summed E-state index contributed by atoms with van der Waals surface area (Å²) in [7, 11) is 0. The van der Waals surface area contributed by atoms with E-state index in [1.165, 1.54) is 0 Å². The normalized spacial score (nSPS) is 9.04. The summed E-state index contributed by atoms with van der Waals surface area (Å²) >= 11 is 0. The van der Waals surface area contributed by atoms with Gasteiger partial charge in [-0.2, -0.15) is 0 Å². The SMILES string of the molecule is CCCCC(=O)CC(=O)C(=O)[O-].CCCCC(=O)CC(=O)C(=O)[O-].[Zn+2]. The number of carbonyl (C=O) groups excluding carboxylic acids is 6. The topological polar surface area (TPSA) is 149 Å². The minimum Gasteiger partial charge on any atom is -0.542 e. The van der Waals surface area contributed by atoms with Crippen molar-refractivity contribution in [2.45, 2.75) is 65.2 Å². The number of hydrogen-bond donors (Lipinski definition) is 0. The van der Waals surface area contributed by atoms with E-state index in [-0.39, 0.29) is 43.9 Å². The van der Waals surface area contributed by atoms with E-state index in [9.17, 15) is 39.0 Å². The fourth-order valence-electron chi connectivity index (χ4n) is 1.43. The Balaban J connectivity index is -0.000000372. The Morgan fingerprint density at radius 3 is 1.12 bits per heavy atom. The molecule has 9 heteroatoms. The number of carbonyl (C=O) groups is 6. The van der Waals surface area contributed by atoms with E-state index in [0.717, 1.165) is 12.8 Å². The van der Waals surface area contributed by atoms with Crippen LogP contribution < -0.4 is 10.2 Å². The van der Waals surface area contributed by atoms with Crippen molar-refractivity contribution in [1.82, 2.24) is 0 Å². The fourth-order valence-corrected chi connectivity index (χ4v) is 1.43. The van der Waals surface area contributed by atoms with Crippen molar-refractivity contribution >= 4 is 35.1 Å². The molecule has 0 atom stereocenters. The van der Waals surface area contributed by atoms with E-state index >= 15 is 0 Å². The molecule has 0 unspecified atom stereocenters. The molecule has 0 aliphatic heterocycles. The van der Waals surface area contributed by atoms with E-state index in [1.807, 2.05) is 13.8 Å². The summed E-state index contributed by atoms with van der Waals surface area (Å²) in [6.45, 7) is 3.82. The Bertz CT molecular complexity index is 441. The molecule has 0 aliphatic carbocycles. The van der Waals surface area contributed by atoms with E-state index < -0.39 is 36.3 Å². The van der Waals surface area contributed by atoms with Crippen LogP contribution in [0.3, 0.4) is 0 Å². The summed E-state index contributed by atoms with van der Waals surface area (Å²) in [6, 6.07) is 0. The number of hydrogen-bond acceptors (Lipinski definition) is 8. The molecule has 0 aromatic heterocycles. The van der Waals surface area contributed by atoms with Crippen LogP contribution >= 0.6 is 0 Å². The Morgan fingerprint density at radius 1 is 0.640 bits per heavy atom. The Kier molecular flexibility index (Phi) is 19.2. The van der Waals surface area contributed by atoms with Gasteiger partial charge in [0, 0.05) is 12.8 Å². The summed E-state index contributed by atoms with van der Waals surface area (Å²) < 4.78 is 0. The molecule has 0 amide bonds. The van der Waals surface area contributed by atoms with Crippen molar-refractivity contribution in [2.24, 2.45) is 0 Å². The third-order valence-corrected chi connectivity index (χ3v) is 2.79. The molecule has 0 heterocycles. The average Bonchev–Trinajstić information content (AvgIpc) is 2.51. The first kappa shape index (κ1) is 28.1. The quantitative estimate of drug-likeness (QED) is 0.225. The Morgan fingerprint density at radius 2 is 0.920 bits per heavy atom. The number of Topliss-reactive ketones (excluding diaryl/α,β-unsaturated/α-hetero) is 4. The zero-order valence-electron chi connectivity index (χ0n) is 14.6. The number of carboxylic acids is 2. The van der Waals surface area contributed by atoms with Gasteiger partial charge in [-0.25, -0.2) is 0 Å². The number of rotatable bonds is 12.